The van der Waals surface area contributed by atoms with E-state index in [0.29, 0.717) is 31.6 Å². The van der Waals surface area contributed by atoms with E-state index >= 15 is 0 Å². The molecule has 0 amide bonds. The first-order chi connectivity index (χ1) is 8.69. The number of carbonyl (C=O) groups is 1. The molecule has 2 rings (SSSR count). The van der Waals surface area contributed by atoms with Crippen LogP contribution in [-0.4, -0.2) is 40.3 Å². The maximum absolute atomic E-state index is 11.5. The van der Waals surface area contributed by atoms with Crippen molar-refractivity contribution in [3.63, 3.8) is 0 Å². The zero-order chi connectivity index (χ0) is 13.0. The molecule has 0 atom stereocenters. The van der Waals surface area contributed by atoms with Gasteiger partial charge in [-0.2, -0.15) is 5.10 Å². The van der Waals surface area contributed by atoms with Crippen LogP contribution in [0.4, 0.5) is 5.82 Å². The fourth-order valence-corrected chi connectivity index (χ4v) is 1.79. The normalized spacial score (nSPS) is 14.8. The van der Waals surface area contributed by atoms with Gasteiger partial charge >= 0.3 is 5.97 Å². The van der Waals surface area contributed by atoms with Gasteiger partial charge in [-0.25, -0.2) is 0 Å². The van der Waals surface area contributed by atoms with Crippen molar-refractivity contribution in [3.8, 4) is 0 Å². The molecule has 18 heavy (non-hydrogen) atoms. The second-order valence-corrected chi connectivity index (χ2v) is 4.39. The molecule has 0 radical (unpaired) electrons. The van der Waals surface area contributed by atoms with Crippen molar-refractivity contribution in [2.75, 3.05) is 18.9 Å². The van der Waals surface area contributed by atoms with Crippen LogP contribution in [0.3, 0.4) is 0 Å². The molecule has 0 unspecified atom stereocenters. The summed E-state index contributed by atoms with van der Waals surface area (Å²) in [6.07, 6.45) is 2.25. The number of rotatable bonds is 6. The minimum atomic E-state index is -0.187. The van der Waals surface area contributed by atoms with Crippen LogP contribution in [0.5, 0.6) is 0 Å². The maximum Gasteiger partial charge on any atom is 0.320 e. The Bertz CT molecular complexity index is 403. The van der Waals surface area contributed by atoms with Gasteiger partial charge in [0.05, 0.1) is 18.8 Å². The molecule has 0 aromatic carbocycles. The zero-order valence-corrected chi connectivity index (χ0v) is 10.5. The van der Waals surface area contributed by atoms with E-state index < -0.39 is 0 Å². The van der Waals surface area contributed by atoms with Crippen molar-refractivity contribution in [2.24, 2.45) is 0 Å². The van der Waals surface area contributed by atoms with Crippen molar-refractivity contribution < 1.29 is 9.53 Å². The molecule has 0 saturated heterocycles. The molecule has 1 aliphatic rings. The van der Waals surface area contributed by atoms with E-state index in [2.05, 4.69) is 15.1 Å². The number of ether oxygens (including phenoxy) is 1. The average molecular weight is 250 g/mol. The lowest BCUT2D eigenvalue weighted by molar-refractivity contribution is -0.144. The maximum atomic E-state index is 11.5. The third kappa shape index (κ3) is 3.66. The predicted octanol–water partition coefficient (Wildman–Crippen LogP) is 0.586. The highest BCUT2D eigenvalue weighted by Gasteiger charge is 2.30. The van der Waals surface area contributed by atoms with Crippen molar-refractivity contribution in [3.05, 3.63) is 17.8 Å². The highest BCUT2D eigenvalue weighted by Crippen LogP contribution is 2.27. The summed E-state index contributed by atoms with van der Waals surface area (Å²) in [5, 5.41) is 7.83. The molecular formula is C12H18N4O2. The highest BCUT2D eigenvalue weighted by molar-refractivity contribution is 5.71. The standard InChI is InChI=1S/C12H18N4O2/c1-2-18-12(17)8-16(10-4-5-10)7-9-3-6-11(13)15-14-9/h3,6,10H,2,4-5,7-8H2,1H3,(H2,13,15). The quantitative estimate of drug-likeness (QED) is 0.744. The number of nitrogens with two attached hydrogens (primary N) is 1. The van der Waals surface area contributed by atoms with Crippen LogP contribution in [0.15, 0.2) is 12.1 Å². The summed E-state index contributed by atoms with van der Waals surface area (Å²) in [7, 11) is 0. The molecule has 98 valence electrons. The van der Waals surface area contributed by atoms with Crippen LogP contribution >= 0.6 is 0 Å². The topological polar surface area (TPSA) is 81.3 Å². The van der Waals surface area contributed by atoms with Gasteiger partial charge in [-0.05, 0) is 31.9 Å². The number of aromatic nitrogens is 2. The molecule has 0 spiro atoms. The predicted molar refractivity (Wildman–Crippen MR) is 66.5 cm³/mol. The number of nitrogens with zero attached hydrogens (tertiary/aromatic N) is 3. The van der Waals surface area contributed by atoms with Crippen molar-refractivity contribution in [1.29, 1.82) is 0 Å². The van der Waals surface area contributed by atoms with Gasteiger partial charge in [-0.1, -0.05) is 0 Å². The van der Waals surface area contributed by atoms with Crippen LogP contribution < -0.4 is 5.73 Å². The molecule has 6 heteroatoms. The highest BCUT2D eigenvalue weighted by atomic mass is 16.5. The zero-order valence-electron chi connectivity index (χ0n) is 10.5. The van der Waals surface area contributed by atoms with Crippen LogP contribution in [0.1, 0.15) is 25.5 Å². The van der Waals surface area contributed by atoms with Gasteiger partial charge in [0.25, 0.3) is 0 Å². The molecule has 1 saturated carbocycles. The number of hydrogen-bond donors (Lipinski definition) is 1. The molecule has 1 aliphatic carbocycles. The van der Waals surface area contributed by atoms with Gasteiger partial charge in [0, 0.05) is 12.6 Å². The lowest BCUT2D eigenvalue weighted by atomic mass is 10.3. The van der Waals surface area contributed by atoms with E-state index in [9.17, 15) is 4.79 Å². The summed E-state index contributed by atoms with van der Waals surface area (Å²) in [6, 6.07) is 4.02. The number of nitrogen functional groups attached to an aromatic ring is 1. The summed E-state index contributed by atoms with van der Waals surface area (Å²) in [4.78, 5) is 13.6. The number of anilines is 1. The molecule has 1 fully saturated rings. The Morgan fingerprint density at radius 1 is 1.50 bits per heavy atom. The van der Waals surface area contributed by atoms with Crippen LogP contribution in [0.25, 0.3) is 0 Å². The Morgan fingerprint density at radius 3 is 2.83 bits per heavy atom. The van der Waals surface area contributed by atoms with Crippen molar-refractivity contribution >= 4 is 11.8 Å². The van der Waals surface area contributed by atoms with Crippen LogP contribution in [0, 0.1) is 0 Å². The smallest absolute Gasteiger partial charge is 0.320 e. The Labute approximate surface area is 106 Å². The fraction of sp³-hybridized carbons (Fsp3) is 0.583. The molecule has 0 bridgehead atoms. The third-order valence-electron chi connectivity index (χ3n) is 2.81. The summed E-state index contributed by atoms with van der Waals surface area (Å²) in [5.74, 6) is 0.218. The van der Waals surface area contributed by atoms with E-state index in [1.54, 1.807) is 6.07 Å². The lowest BCUT2D eigenvalue weighted by Crippen LogP contribution is -2.32. The van der Waals surface area contributed by atoms with Gasteiger partial charge in [0.2, 0.25) is 0 Å². The molecular weight excluding hydrogens is 232 g/mol. The van der Waals surface area contributed by atoms with E-state index in [4.69, 9.17) is 10.5 Å². The van der Waals surface area contributed by atoms with Crippen LogP contribution in [-0.2, 0) is 16.1 Å². The summed E-state index contributed by atoms with van der Waals surface area (Å²) in [5.41, 5.74) is 6.31. The second kappa shape index (κ2) is 5.77. The number of carbonyl (C=O) groups excluding carboxylic acids is 1. The summed E-state index contributed by atoms with van der Waals surface area (Å²) < 4.78 is 4.97. The third-order valence-corrected chi connectivity index (χ3v) is 2.81. The van der Waals surface area contributed by atoms with Crippen molar-refractivity contribution in [1.82, 2.24) is 15.1 Å². The van der Waals surface area contributed by atoms with E-state index in [1.807, 2.05) is 13.0 Å². The Kier molecular flexibility index (Phi) is 4.09. The Hall–Kier alpha value is -1.69. The van der Waals surface area contributed by atoms with E-state index in [1.165, 1.54) is 0 Å². The second-order valence-electron chi connectivity index (χ2n) is 4.39. The molecule has 2 N–H and O–H groups in total. The first kappa shape index (κ1) is 12.8. The fourth-order valence-electron chi connectivity index (χ4n) is 1.79. The average Bonchev–Trinajstić information content (AvgIpc) is 3.15. The molecule has 6 nitrogen and oxygen atoms in total. The Morgan fingerprint density at radius 2 is 2.28 bits per heavy atom. The Balaban J connectivity index is 1.93. The van der Waals surface area contributed by atoms with Gasteiger partial charge in [-0.3, -0.25) is 9.69 Å². The summed E-state index contributed by atoms with van der Waals surface area (Å²) >= 11 is 0. The molecule has 1 aromatic heterocycles. The van der Waals surface area contributed by atoms with Gasteiger partial charge in [0.15, 0.2) is 0 Å². The number of esters is 1. The van der Waals surface area contributed by atoms with E-state index in [-0.39, 0.29) is 5.97 Å². The summed E-state index contributed by atoms with van der Waals surface area (Å²) in [6.45, 7) is 3.14. The van der Waals surface area contributed by atoms with Gasteiger partial charge < -0.3 is 10.5 Å². The lowest BCUT2D eigenvalue weighted by Gasteiger charge is -2.19. The molecule has 1 aromatic rings. The monoisotopic (exact) mass is 250 g/mol. The van der Waals surface area contributed by atoms with E-state index in [0.717, 1.165) is 18.5 Å². The minimum absolute atomic E-state index is 0.187. The van der Waals surface area contributed by atoms with Crippen molar-refractivity contribution in [2.45, 2.75) is 32.4 Å². The molecule has 1 heterocycles. The minimum Gasteiger partial charge on any atom is -0.465 e. The van der Waals surface area contributed by atoms with Gasteiger partial charge in [0.1, 0.15) is 5.82 Å². The number of hydrogen-bond acceptors (Lipinski definition) is 6. The van der Waals surface area contributed by atoms with Crippen LogP contribution in [0.2, 0.25) is 0 Å². The SMILES string of the molecule is CCOC(=O)CN(Cc1ccc(N)nn1)C1CC1. The first-order valence-electron chi connectivity index (χ1n) is 6.16. The largest absolute Gasteiger partial charge is 0.465 e. The first-order valence-corrected chi connectivity index (χ1v) is 6.16. The molecule has 0 aliphatic heterocycles. The van der Waals surface area contributed by atoms with Gasteiger partial charge in [-0.15, -0.1) is 5.10 Å².